The van der Waals surface area contributed by atoms with Gasteiger partial charge in [-0.3, -0.25) is 4.79 Å². The lowest BCUT2D eigenvalue weighted by Crippen LogP contribution is -3.14. The lowest BCUT2D eigenvalue weighted by Gasteiger charge is -2.19. The number of quaternary nitrogens is 1. The molecule has 2 N–H and O–H groups in total. The molecular weight excluding hydrogens is 294 g/mol. The summed E-state index contributed by atoms with van der Waals surface area (Å²) in [4.78, 5) is 15.2. The molecule has 1 aromatic heterocycles. The van der Waals surface area contributed by atoms with Crippen molar-refractivity contribution in [1.82, 2.24) is 0 Å². The Labute approximate surface area is 136 Å². The average molecular weight is 318 g/mol. The Morgan fingerprint density at radius 3 is 2.68 bits per heavy atom. The summed E-state index contributed by atoms with van der Waals surface area (Å²) in [6.07, 6.45) is 8.05. The minimum absolute atomic E-state index is 0.0315. The molecule has 1 fully saturated rings. The van der Waals surface area contributed by atoms with E-state index in [9.17, 15) is 10.1 Å². The van der Waals surface area contributed by atoms with E-state index in [-0.39, 0.29) is 11.9 Å². The lowest BCUT2D eigenvalue weighted by atomic mass is 10.1. The van der Waals surface area contributed by atoms with E-state index in [2.05, 4.69) is 11.4 Å². The number of carbonyl (C=O) groups excluding carboxylic acids is 1. The Balaban J connectivity index is 1.77. The number of likely N-dealkylation sites (tertiary alicyclic amines) is 1. The third-order valence-corrected chi connectivity index (χ3v) is 6.23. The normalized spacial score (nSPS) is 20.0. The Kier molecular flexibility index (Phi) is 4.80. The standard InChI is InChI=1S/C17H23N3OS/c1-12(20-9-5-6-10-20)16(21)19-17-14(11-18)13-7-3-2-4-8-15(13)22-17/h12H,2-10H2,1H3,(H,19,21)/p+1/t12-/m1/s1. The van der Waals surface area contributed by atoms with Crippen LogP contribution in [0.5, 0.6) is 0 Å². The monoisotopic (exact) mass is 318 g/mol. The Hall–Kier alpha value is -1.38. The summed E-state index contributed by atoms with van der Waals surface area (Å²) in [5.41, 5.74) is 1.92. The number of hydrogen-bond donors (Lipinski definition) is 2. The molecule has 0 bridgehead atoms. The van der Waals surface area contributed by atoms with Gasteiger partial charge in [-0.2, -0.15) is 5.26 Å². The van der Waals surface area contributed by atoms with Crippen LogP contribution in [0.3, 0.4) is 0 Å². The van der Waals surface area contributed by atoms with Gasteiger partial charge < -0.3 is 10.2 Å². The molecule has 1 aromatic rings. The van der Waals surface area contributed by atoms with Gasteiger partial charge in [-0.25, -0.2) is 0 Å². The zero-order chi connectivity index (χ0) is 15.5. The molecule has 0 aromatic carbocycles. The first-order valence-corrected chi connectivity index (χ1v) is 9.22. The van der Waals surface area contributed by atoms with Crippen LogP contribution >= 0.6 is 11.3 Å². The number of rotatable bonds is 3. The molecule has 22 heavy (non-hydrogen) atoms. The first-order chi connectivity index (χ1) is 10.7. The van der Waals surface area contributed by atoms with Crippen LogP contribution in [0, 0.1) is 11.3 Å². The van der Waals surface area contributed by atoms with Crippen LogP contribution in [0.15, 0.2) is 0 Å². The van der Waals surface area contributed by atoms with Gasteiger partial charge in [0.15, 0.2) is 6.04 Å². The molecule has 1 saturated heterocycles. The topological polar surface area (TPSA) is 57.3 Å². The van der Waals surface area contributed by atoms with Gasteiger partial charge in [-0.05, 0) is 38.2 Å². The van der Waals surface area contributed by atoms with Crippen LogP contribution in [0.1, 0.15) is 55.0 Å². The lowest BCUT2D eigenvalue weighted by molar-refractivity contribution is -0.901. The molecular formula is C17H24N3OS+. The molecule has 1 aliphatic carbocycles. The molecule has 0 saturated carbocycles. The first kappa shape index (κ1) is 15.5. The van der Waals surface area contributed by atoms with E-state index in [0.717, 1.165) is 42.9 Å². The first-order valence-electron chi connectivity index (χ1n) is 8.40. The minimum Gasteiger partial charge on any atom is -0.325 e. The van der Waals surface area contributed by atoms with Gasteiger partial charge >= 0.3 is 0 Å². The number of amides is 1. The van der Waals surface area contributed by atoms with Gasteiger partial charge in [0.1, 0.15) is 11.1 Å². The van der Waals surface area contributed by atoms with Crippen LogP contribution < -0.4 is 10.2 Å². The van der Waals surface area contributed by atoms with Crippen molar-refractivity contribution in [2.45, 2.75) is 57.9 Å². The number of nitriles is 1. The van der Waals surface area contributed by atoms with Crippen molar-refractivity contribution in [3.05, 3.63) is 16.0 Å². The number of thiophene rings is 1. The van der Waals surface area contributed by atoms with Crippen molar-refractivity contribution in [1.29, 1.82) is 5.26 Å². The average Bonchev–Trinajstić information content (AvgIpc) is 3.09. The number of hydrogen-bond acceptors (Lipinski definition) is 3. The van der Waals surface area contributed by atoms with Gasteiger partial charge in [-0.15, -0.1) is 11.3 Å². The fourth-order valence-electron chi connectivity index (χ4n) is 3.62. The maximum Gasteiger partial charge on any atom is 0.283 e. The van der Waals surface area contributed by atoms with Gasteiger partial charge in [0, 0.05) is 17.7 Å². The molecule has 1 amide bonds. The van der Waals surface area contributed by atoms with Crippen LogP contribution in [0.25, 0.3) is 0 Å². The summed E-state index contributed by atoms with van der Waals surface area (Å²) < 4.78 is 0. The van der Waals surface area contributed by atoms with Crippen molar-refractivity contribution in [3.8, 4) is 6.07 Å². The number of anilines is 1. The zero-order valence-corrected chi connectivity index (χ0v) is 14.0. The van der Waals surface area contributed by atoms with E-state index in [1.807, 2.05) is 6.92 Å². The SMILES string of the molecule is C[C@H](C(=O)Nc1sc2c(c1C#N)CCCCC2)[NH+]1CCCC1. The maximum absolute atomic E-state index is 12.5. The largest absolute Gasteiger partial charge is 0.325 e. The van der Waals surface area contributed by atoms with Crippen LogP contribution in [0.4, 0.5) is 5.00 Å². The van der Waals surface area contributed by atoms with Crippen molar-refractivity contribution in [3.63, 3.8) is 0 Å². The highest BCUT2D eigenvalue weighted by molar-refractivity contribution is 7.16. The molecule has 5 heteroatoms. The fourth-order valence-corrected chi connectivity index (χ4v) is 4.86. The Morgan fingerprint density at radius 2 is 1.95 bits per heavy atom. The second kappa shape index (κ2) is 6.80. The van der Waals surface area contributed by atoms with E-state index in [1.54, 1.807) is 11.3 Å². The summed E-state index contributed by atoms with van der Waals surface area (Å²) >= 11 is 1.62. The van der Waals surface area contributed by atoms with Crippen LogP contribution in [0.2, 0.25) is 0 Å². The van der Waals surface area contributed by atoms with E-state index in [1.165, 1.54) is 41.0 Å². The highest BCUT2D eigenvalue weighted by Gasteiger charge is 2.29. The number of nitrogens with one attached hydrogen (secondary N) is 2. The van der Waals surface area contributed by atoms with Gasteiger partial charge in [0.05, 0.1) is 18.7 Å². The molecule has 2 aliphatic rings. The number of fused-ring (bicyclic) bond motifs is 1. The van der Waals surface area contributed by atoms with Crippen LogP contribution in [-0.2, 0) is 17.6 Å². The quantitative estimate of drug-likeness (QED) is 0.836. The summed E-state index contributed by atoms with van der Waals surface area (Å²) in [6, 6.07) is 2.30. The van der Waals surface area contributed by atoms with E-state index < -0.39 is 0 Å². The van der Waals surface area contributed by atoms with Crippen molar-refractivity contribution in [2.24, 2.45) is 0 Å². The third-order valence-electron chi connectivity index (χ3n) is 5.02. The predicted octanol–water partition coefficient (Wildman–Crippen LogP) is 1.89. The molecule has 0 unspecified atom stereocenters. The van der Waals surface area contributed by atoms with Crippen molar-refractivity contribution >= 4 is 22.2 Å². The van der Waals surface area contributed by atoms with Crippen LogP contribution in [-0.4, -0.2) is 25.0 Å². The Bertz CT molecular complexity index is 596. The van der Waals surface area contributed by atoms with E-state index >= 15 is 0 Å². The predicted molar refractivity (Wildman–Crippen MR) is 88.3 cm³/mol. The summed E-state index contributed by atoms with van der Waals surface area (Å²) in [6.45, 7) is 4.17. The Morgan fingerprint density at radius 1 is 1.23 bits per heavy atom. The van der Waals surface area contributed by atoms with Gasteiger partial charge in [0.25, 0.3) is 5.91 Å². The molecule has 1 aliphatic heterocycles. The highest BCUT2D eigenvalue weighted by atomic mass is 32.1. The zero-order valence-electron chi connectivity index (χ0n) is 13.2. The molecule has 3 rings (SSSR count). The maximum atomic E-state index is 12.5. The molecule has 0 radical (unpaired) electrons. The summed E-state index contributed by atoms with van der Waals surface area (Å²) in [5, 5.41) is 13.4. The summed E-state index contributed by atoms with van der Waals surface area (Å²) in [5.74, 6) is 0.0600. The van der Waals surface area contributed by atoms with Crippen molar-refractivity contribution in [2.75, 3.05) is 18.4 Å². The molecule has 2 heterocycles. The number of aryl methyl sites for hydroxylation is 1. The minimum atomic E-state index is -0.0315. The second-order valence-electron chi connectivity index (χ2n) is 6.46. The third kappa shape index (κ3) is 3.04. The summed E-state index contributed by atoms with van der Waals surface area (Å²) in [7, 11) is 0. The smallest absolute Gasteiger partial charge is 0.283 e. The van der Waals surface area contributed by atoms with Gasteiger partial charge in [-0.1, -0.05) is 6.42 Å². The number of carbonyl (C=O) groups is 1. The molecule has 1 atom stereocenters. The highest BCUT2D eigenvalue weighted by Crippen LogP contribution is 2.36. The molecule has 118 valence electrons. The molecule has 0 spiro atoms. The van der Waals surface area contributed by atoms with Gasteiger partial charge in [0.2, 0.25) is 0 Å². The molecule has 4 nitrogen and oxygen atoms in total. The number of nitrogens with zero attached hydrogens (tertiary/aromatic N) is 1. The van der Waals surface area contributed by atoms with E-state index in [0.29, 0.717) is 0 Å². The van der Waals surface area contributed by atoms with Crippen molar-refractivity contribution < 1.29 is 9.69 Å². The van der Waals surface area contributed by atoms with E-state index in [4.69, 9.17) is 0 Å². The fraction of sp³-hybridized carbons (Fsp3) is 0.647. The second-order valence-corrected chi connectivity index (χ2v) is 7.56.